The summed E-state index contributed by atoms with van der Waals surface area (Å²) in [5, 5.41) is 10.8. The van der Waals surface area contributed by atoms with E-state index >= 15 is 0 Å². The van der Waals surface area contributed by atoms with Gasteiger partial charge in [0.1, 0.15) is 5.75 Å². The first-order valence-corrected chi connectivity index (χ1v) is 10.9. The minimum Gasteiger partial charge on any atom is -0.465 e. The summed E-state index contributed by atoms with van der Waals surface area (Å²) < 4.78 is 49.1. The lowest BCUT2D eigenvalue weighted by atomic mass is 10.1. The summed E-state index contributed by atoms with van der Waals surface area (Å²) in [5.41, 5.74) is -0.0187. The van der Waals surface area contributed by atoms with Crippen molar-refractivity contribution in [3.63, 3.8) is 0 Å². The normalized spacial score (nSPS) is 11.9. The monoisotopic (exact) mass is 534 g/mol. The summed E-state index contributed by atoms with van der Waals surface area (Å²) in [6.07, 6.45) is -4.35. The molecule has 2 N–H and O–H groups in total. The second-order valence-electron chi connectivity index (χ2n) is 9.06. The predicted molar refractivity (Wildman–Crippen MR) is 124 cm³/mol. The van der Waals surface area contributed by atoms with E-state index in [1.807, 2.05) is 0 Å². The minimum atomic E-state index is -4.45. The Morgan fingerprint density at radius 1 is 1.06 bits per heavy atom. The summed E-state index contributed by atoms with van der Waals surface area (Å²) in [4.78, 5) is 14.0. The number of pyridine rings is 1. The lowest BCUT2D eigenvalue weighted by Gasteiger charge is -2.30. The van der Waals surface area contributed by atoms with E-state index in [1.165, 1.54) is 0 Å². The quantitative estimate of drug-likeness (QED) is 0.428. The van der Waals surface area contributed by atoms with Gasteiger partial charge in [-0.15, -0.1) is 0 Å². The number of aromatic nitrogens is 1. The number of ether oxygens (including phenoxy) is 2. The highest BCUT2D eigenvalue weighted by Gasteiger charge is 2.30. The Balaban J connectivity index is 0.000000513. The van der Waals surface area contributed by atoms with E-state index < -0.39 is 17.8 Å². The summed E-state index contributed by atoms with van der Waals surface area (Å²) >= 11 is 3.30. The van der Waals surface area contributed by atoms with Crippen molar-refractivity contribution >= 4 is 22.0 Å². The highest BCUT2D eigenvalue weighted by molar-refractivity contribution is 9.10. The van der Waals surface area contributed by atoms with Gasteiger partial charge in [-0.2, -0.15) is 13.2 Å². The third-order valence-electron chi connectivity index (χ3n) is 3.58. The maximum absolute atomic E-state index is 12.5. The number of carboxylic acid groups (broad SMARTS) is 1. The Morgan fingerprint density at radius 2 is 1.67 bits per heavy atom. The van der Waals surface area contributed by atoms with Gasteiger partial charge in [0.2, 0.25) is 5.88 Å². The van der Waals surface area contributed by atoms with Gasteiger partial charge in [0.25, 0.3) is 0 Å². The van der Waals surface area contributed by atoms with Crippen molar-refractivity contribution in [2.24, 2.45) is 0 Å². The van der Waals surface area contributed by atoms with Gasteiger partial charge in [0, 0.05) is 18.8 Å². The number of hydrogen-bond acceptors (Lipinski definition) is 4. The highest BCUT2D eigenvalue weighted by Crippen LogP contribution is 2.32. The Kier molecular flexibility index (Phi) is 10.2. The van der Waals surface area contributed by atoms with Gasteiger partial charge in [-0.1, -0.05) is 6.07 Å². The van der Waals surface area contributed by atoms with Crippen LogP contribution in [-0.2, 0) is 17.3 Å². The lowest BCUT2D eigenvalue weighted by molar-refractivity contribution is -0.137. The minimum absolute atomic E-state index is 0.0156. The van der Waals surface area contributed by atoms with Crippen LogP contribution in [0.4, 0.5) is 18.0 Å². The van der Waals surface area contributed by atoms with E-state index in [0.717, 1.165) is 17.7 Å². The van der Waals surface area contributed by atoms with Crippen molar-refractivity contribution in [2.45, 2.75) is 65.3 Å². The zero-order valence-corrected chi connectivity index (χ0v) is 21.1. The molecular formula is C23H30BrF3N2O4. The van der Waals surface area contributed by atoms with Crippen LogP contribution in [0, 0.1) is 0 Å². The van der Waals surface area contributed by atoms with Crippen LogP contribution in [0.3, 0.4) is 0 Å². The van der Waals surface area contributed by atoms with Crippen molar-refractivity contribution < 1.29 is 32.5 Å². The zero-order valence-electron chi connectivity index (χ0n) is 19.5. The molecule has 1 heterocycles. The molecule has 2 rings (SSSR count). The van der Waals surface area contributed by atoms with Crippen LogP contribution in [0.15, 0.2) is 41.0 Å². The maximum Gasteiger partial charge on any atom is 0.417 e. The molecule has 0 fully saturated rings. The Morgan fingerprint density at radius 3 is 2.06 bits per heavy atom. The molecular weight excluding hydrogens is 505 g/mol. The molecule has 1 aromatic carbocycles. The smallest absolute Gasteiger partial charge is 0.417 e. The number of rotatable bonds is 5. The van der Waals surface area contributed by atoms with Crippen molar-refractivity contribution in [1.29, 1.82) is 0 Å². The average Bonchev–Trinajstić information content (AvgIpc) is 2.61. The van der Waals surface area contributed by atoms with E-state index in [9.17, 15) is 18.0 Å². The van der Waals surface area contributed by atoms with E-state index in [1.54, 1.807) is 18.2 Å². The molecule has 6 nitrogen and oxygen atoms in total. The molecule has 0 aliphatic heterocycles. The van der Waals surface area contributed by atoms with E-state index in [2.05, 4.69) is 67.8 Å². The molecule has 10 heteroatoms. The molecule has 0 radical (unpaired) electrons. The molecule has 0 saturated heterocycles. The second kappa shape index (κ2) is 11.7. The molecule has 0 aliphatic rings. The largest absolute Gasteiger partial charge is 0.465 e. The molecule has 0 bridgehead atoms. The van der Waals surface area contributed by atoms with Gasteiger partial charge in [-0.05, 0) is 87.7 Å². The number of nitrogens with one attached hydrogen (secondary N) is 1. The number of benzene rings is 1. The number of alkyl halides is 3. The third kappa shape index (κ3) is 12.5. The summed E-state index contributed by atoms with van der Waals surface area (Å²) in [6.45, 7) is 12.7. The third-order valence-corrected chi connectivity index (χ3v) is 4.20. The SMILES string of the molecule is CC(C)(C)OC(C)(C)C.O=C(O)NCCc1ccc(Oc2ccc(C(F)(F)F)cn2)c(Br)c1. The standard InChI is InChI=1S/C15H12BrF3N2O3.C8H18O/c16-11-7-9(5-6-20-14(22)23)1-3-12(11)24-13-4-2-10(8-21-13)15(17,18)19;1-7(2,3)9-8(4,5)6/h1-4,7-8,20H,5-6H2,(H,22,23);1-6H3. The molecule has 184 valence electrons. The molecule has 0 spiro atoms. The number of carbonyl (C=O) groups is 1. The predicted octanol–water partition coefficient (Wildman–Crippen LogP) is 7.07. The average molecular weight is 535 g/mol. The van der Waals surface area contributed by atoms with Crippen LogP contribution < -0.4 is 10.1 Å². The fraction of sp³-hybridized carbons (Fsp3) is 0.478. The zero-order chi connectivity index (χ0) is 25.4. The maximum atomic E-state index is 12.5. The molecule has 1 aromatic heterocycles. The Labute approximate surface area is 200 Å². The molecule has 1 amide bonds. The number of halogens is 4. The van der Waals surface area contributed by atoms with Gasteiger partial charge >= 0.3 is 12.3 Å². The first-order chi connectivity index (χ1) is 15.0. The molecule has 0 atom stereocenters. The van der Waals surface area contributed by atoms with E-state index in [-0.39, 0.29) is 23.6 Å². The fourth-order valence-corrected chi connectivity index (χ4v) is 3.24. The van der Waals surface area contributed by atoms with E-state index in [0.29, 0.717) is 22.8 Å². The second-order valence-corrected chi connectivity index (χ2v) is 9.91. The summed E-state index contributed by atoms with van der Waals surface area (Å²) in [7, 11) is 0. The molecule has 0 saturated carbocycles. The molecule has 33 heavy (non-hydrogen) atoms. The first kappa shape index (κ1) is 28.7. The topological polar surface area (TPSA) is 80.7 Å². The van der Waals surface area contributed by atoms with Gasteiger partial charge in [0.15, 0.2) is 0 Å². The summed E-state index contributed by atoms with van der Waals surface area (Å²) in [5.74, 6) is 0.418. The van der Waals surface area contributed by atoms with Gasteiger partial charge in [0.05, 0.1) is 21.2 Å². The highest BCUT2D eigenvalue weighted by atomic mass is 79.9. The van der Waals surface area contributed by atoms with Crippen LogP contribution in [0.25, 0.3) is 0 Å². The van der Waals surface area contributed by atoms with Gasteiger partial charge in [-0.25, -0.2) is 9.78 Å². The van der Waals surface area contributed by atoms with Gasteiger partial charge < -0.3 is 19.9 Å². The lowest BCUT2D eigenvalue weighted by Crippen LogP contribution is -2.31. The van der Waals surface area contributed by atoms with Crippen molar-refractivity contribution in [2.75, 3.05) is 6.54 Å². The van der Waals surface area contributed by atoms with Crippen molar-refractivity contribution in [3.8, 4) is 11.6 Å². The fourth-order valence-electron chi connectivity index (χ4n) is 2.74. The number of nitrogens with zero attached hydrogens (tertiary/aromatic N) is 1. The molecule has 0 unspecified atom stereocenters. The van der Waals surface area contributed by atoms with Crippen LogP contribution in [0.5, 0.6) is 11.6 Å². The van der Waals surface area contributed by atoms with Crippen LogP contribution >= 0.6 is 15.9 Å². The summed E-state index contributed by atoms with van der Waals surface area (Å²) in [6, 6.07) is 7.12. The first-order valence-electron chi connectivity index (χ1n) is 10.1. The molecule has 0 aliphatic carbocycles. The Hall–Kier alpha value is -2.33. The van der Waals surface area contributed by atoms with Crippen LogP contribution in [0.2, 0.25) is 0 Å². The van der Waals surface area contributed by atoms with Gasteiger partial charge in [-0.3, -0.25) is 0 Å². The van der Waals surface area contributed by atoms with Crippen molar-refractivity contribution in [3.05, 3.63) is 52.1 Å². The number of hydrogen-bond donors (Lipinski definition) is 2. The van der Waals surface area contributed by atoms with Crippen LogP contribution in [-0.4, -0.2) is 33.9 Å². The number of amides is 1. The van der Waals surface area contributed by atoms with Crippen LogP contribution in [0.1, 0.15) is 52.7 Å². The Bertz CT molecular complexity index is 894. The van der Waals surface area contributed by atoms with E-state index in [4.69, 9.17) is 14.6 Å². The molecule has 2 aromatic rings. The van der Waals surface area contributed by atoms with Crippen molar-refractivity contribution in [1.82, 2.24) is 10.3 Å².